The van der Waals surface area contributed by atoms with Crippen LogP contribution in [0.25, 0.3) is 0 Å². The van der Waals surface area contributed by atoms with Gasteiger partial charge in [0.1, 0.15) is 24.1 Å². The van der Waals surface area contributed by atoms with E-state index in [0.717, 1.165) is 0 Å². The van der Waals surface area contributed by atoms with Crippen LogP contribution in [0.2, 0.25) is 0 Å². The highest BCUT2D eigenvalue weighted by Crippen LogP contribution is 2.45. The molecule has 31 heavy (non-hydrogen) atoms. The molecule has 0 saturated carbocycles. The molecular formula is C19H27N6O4PS. The van der Waals surface area contributed by atoms with Crippen LogP contribution in [0.1, 0.15) is 20.8 Å². The number of aromatic nitrogens is 2. The molecule has 1 aliphatic heterocycles. The minimum absolute atomic E-state index is 0.227. The Morgan fingerprint density at radius 2 is 2.13 bits per heavy atom. The smallest absolute Gasteiger partial charge is 0.342 e. The van der Waals surface area contributed by atoms with Gasteiger partial charge in [0.25, 0.3) is 0 Å². The Morgan fingerprint density at radius 1 is 1.42 bits per heavy atom. The van der Waals surface area contributed by atoms with Crippen LogP contribution in [-0.2, 0) is 9.30 Å². The van der Waals surface area contributed by atoms with E-state index in [1.807, 2.05) is 17.9 Å². The number of ether oxygens (including phenoxy) is 1. The molecule has 0 amide bonds. The van der Waals surface area contributed by atoms with Gasteiger partial charge in [0.15, 0.2) is 16.7 Å². The molecule has 2 heterocycles. The average Bonchev–Trinajstić information content (AvgIpc) is 3.11. The summed E-state index contributed by atoms with van der Waals surface area (Å²) in [7, 11) is -3.59. The summed E-state index contributed by atoms with van der Waals surface area (Å²) in [5.74, 6) is 1.49. The predicted octanol–water partition coefficient (Wildman–Crippen LogP) is 3.14. The minimum atomic E-state index is -3.59. The first-order valence-electron chi connectivity index (χ1n) is 9.67. The second-order valence-electron chi connectivity index (χ2n) is 7.74. The third-order valence-corrected chi connectivity index (χ3v) is 6.99. The predicted molar refractivity (Wildman–Crippen MR) is 125 cm³/mol. The van der Waals surface area contributed by atoms with E-state index in [0.29, 0.717) is 36.3 Å². The summed E-state index contributed by atoms with van der Waals surface area (Å²) >= 11 is 4.88. The highest BCUT2D eigenvalue weighted by molar-refractivity contribution is 7.80. The Hall–Kier alpha value is -2.46. The average molecular weight is 467 g/mol. The normalized spacial score (nSPS) is 16.2. The maximum absolute atomic E-state index is 13.6. The van der Waals surface area contributed by atoms with Gasteiger partial charge < -0.3 is 30.3 Å². The molecule has 12 heteroatoms. The standard InChI is InChI=1S/C19H27N6O4PS/c1-13(9-25-11-23-15-16(20)21-10-22-17(15)25)28-12-30(27,24-19(2,3)18(26)31)29-14-7-5-4-6-8-14/h4-8,10,13,23H,9,11-12H2,1-3H3,(H,24,27)(H,26,31)(H2,20,21,22). The van der Waals surface area contributed by atoms with Crippen LogP contribution in [0, 0.1) is 0 Å². The summed E-state index contributed by atoms with van der Waals surface area (Å²) < 4.78 is 25.3. The van der Waals surface area contributed by atoms with Crippen LogP contribution >= 0.6 is 19.7 Å². The summed E-state index contributed by atoms with van der Waals surface area (Å²) in [6.07, 6.45) is 0.864. The highest BCUT2D eigenvalue weighted by Gasteiger charge is 2.36. The van der Waals surface area contributed by atoms with E-state index in [9.17, 15) is 9.67 Å². The molecule has 0 bridgehead atoms. The molecule has 0 saturated heterocycles. The molecule has 1 aromatic carbocycles. The zero-order chi connectivity index (χ0) is 22.6. The lowest BCUT2D eigenvalue weighted by atomic mass is 10.1. The molecule has 5 N–H and O–H groups in total. The maximum atomic E-state index is 13.6. The lowest BCUT2D eigenvalue weighted by Gasteiger charge is -2.31. The van der Waals surface area contributed by atoms with Gasteiger partial charge in [0.05, 0.1) is 18.3 Å². The number of nitrogens with zero attached hydrogens (tertiary/aromatic N) is 3. The van der Waals surface area contributed by atoms with Crippen molar-refractivity contribution in [3.63, 3.8) is 0 Å². The van der Waals surface area contributed by atoms with Crippen molar-refractivity contribution in [2.24, 2.45) is 0 Å². The molecular weight excluding hydrogens is 439 g/mol. The molecule has 10 nitrogen and oxygen atoms in total. The number of rotatable bonds is 10. The van der Waals surface area contributed by atoms with Crippen molar-refractivity contribution in [2.45, 2.75) is 32.4 Å². The van der Waals surface area contributed by atoms with E-state index in [4.69, 9.17) is 27.2 Å². The van der Waals surface area contributed by atoms with Crippen LogP contribution in [0.3, 0.4) is 0 Å². The van der Waals surface area contributed by atoms with Crippen molar-refractivity contribution in [3.05, 3.63) is 36.7 Å². The van der Waals surface area contributed by atoms with Crippen LogP contribution in [0.4, 0.5) is 17.3 Å². The molecule has 0 fully saturated rings. The quantitative estimate of drug-likeness (QED) is 0.304. The van der Waals surface area contributed by atoms with E-state index in [2.05, 4.69) is 20.4 Å². The number of nitrogen functional groups attached to an aromatic ring is 1. The van der Waals surface area contributed by atoms with Crippen LogP contribution in [0.5, 0.6) is 5.75 Å². The first-order chi connectivity index (χ1) is 14.6. The molecule has 1 aromatic heterocycles. The SMILES string of the molecule is CC(CN1CNc2c(N)ncnc21)OCP(=O)(NC(C)(C)C(O)=S)Oc1ccccc1. The highest BCUT2D eigenvalue weighted by atomic mass is 32.1. The van der Waals surface area contributed by atoms with E-state index >= 15 is 0 Å². The Balaban J connectivity index is 1.68. The first-order valence-corrected chi connectivity index (χ1v) is 11.9. The monoisotopic (exact) mass is 466 g/mol. The van der Waals surface area contributed by atoms with Crippen LogP contribution < -0.4 is 25.6 Å². The zero-order valence-corrected chi connectivity index (χ0v) is 19.3. The number of para-hydroxylation sites is 1. The van der Waals surface area contributed by atoms with Crippen molar-refractivity contribution in [2.75, 3.05) is 35.5 Å². The largest absolute Gasteiger partial charge is 0.501 e. The number of aliphatic hydroxyl groups excluding tert-OH is 1. The van der Waals surface area contributed by atoms with Crippen molar-refractivity contribution < 1.29 is 18.9 Å². The van der Waals surface area contributed by atoms with E-state index in [1.54, 1.807) is 38.1 Å². The molecule has 2 atom stereocenters. The second-order valence-corrected chi connectivity index (χ2v) is 10.1. The Labute approximate surface area is 186 Å². The molecule has 2 unspecified atom stereocenters. The van der Waals surface area contributed by atoms with E-state index in [-0.39, 0.29) is 17.5 Å². The number of aliphatic hydroxyl groups is 1. The molecule has 0 spiro atoms. The van der Waals surface area contributed by atoms with Gasteiger partial charge in [-0.2, -0.15) is 0 Å². The van der Waals surface area contributed by atoms with Crippen LogP contribution in [0.15, 0.2) is 36.7 Å². The second kappa shape index (κ2) is 9.35. The Morgan fingerprint density at radius 3 is 2.81 bits per heavy atom. The van der Waals surface area contributed by atoms with Gasteiger partial charge in [0, 0.05) is 6.54 Å². The first kappa shape index (κ1) is 23.2. The number of thiocarbonyl (C=S) groups is 1. The third-order valence-electron chi connectivity index (χ3n) is 4.59. The molecule has 0 aliphatic carbocycles. The van der Waals surface area contributed by atoms with Gasteiger partial charge >= 0.3 is 7.52 Å². The Kier molecular flexibility index (Phi) is 7.00. The number of nitrogens with two attached hydrogens (primary N) is 1. The van der Waals surface area contributed by atoms with Gasteiger partial charge in [-0.05, 0) is 45.1 Å². The molecule has 168 valence electrons. The van der Waals surface area contributed by atoms with E-state index in [1.165, 1.54) is 6.33 Å². The fourth-order valence-electron chi connectivity index (χ4n) is 2.99. The van der Waals surface area contributed by atoms with E-state index < -0.39 is 13.1 Å². The van der Waals surface area contributed by atoms with Crippen molar-refractivity contribution in [1.29, 1.82) is 0 Å². The maximum Gasteiger partial charge on any atom is 0.342 e. The van der Waals surface area contributed by atoms with Crippen molar-refractivity contribution in [1.82, 2.24) is 15.1 Å². The molecule has 0 radical (unpaired) electrons. The van der Waals surface area contributed by atoms with Gasteiger partial charge in [-0.25, -0.2) is 15.1 Å². The van der Waals surface area contributed by atoms with Crippen molar-refractivity contribution in [3.8, 4) is 5.75 Å². The third kappa shape index (κ3) is 5.82. The number of hydrogen-bond acceptors (Lipinski definition) is 9. The Bertz CT molecular complexity index is 977. The zero-order valence-electron chi connectivity index (χ0n) is 17.6. The number of nitrogens with one attached hydrogen (secondary N) is 2. The summed E-state index contributed by atoms with van der Waals surface area (Å²) in [5, 5.41) is 15.5. The van der Waals surface area contributed by atoms with Gasteiger partial charge in [0.2, 0.25) is 0 Å². The van der Waals surface area contributed by atoms with Gasteiger partial charge in [-0.3, -0.25) is 4.57 Å². The fourth-order valence-corrected chi connectivity index (χ4v) is 5.15. The summed E-state index contributed by atoms with van der Waals surface area (Å²) in [6, 6.07) is 8.76. The molecule has 1 aliphatic rings. The number of fused-ring (bicyclic) bond motifs is 1. The number of benzene rings is 1. The van der Waals surface area contributed by atoms with Gasteiger partial charge in [-0.1, -0.05) is 18.2 Å². The van der Waals surface area contributed by atoms with Crippen LogP contribution in [-0.4, -0.2) is 51.3 Å². The summed E-state index contributed by atoms with van der Waals surface area (Å²) in [6.45, 7) is 6.09. The number of hydrogen-bond donors (Lipinski definition) is 4. The van der Waals surface area contributed by atoms with Crippen molar-refractivity contribution >= 4 is 42.1 Å². The summed E-state index contributed by atoms with van der Waals surface area (Å²) in [5.41, 5.74) is 5.45. The number of anilines is 3. The van der Waals surface area contributed by atoms with Gasteiger partial charge in [-0.15, -0.1) is 0 Å². The topological polar surface area (TPSA) is 135 Å². The lowest BCUT2D eigenvalue weighted by Crippen LogP contribution is -2.45. The molecule has 3 rings (SSSR count). The fraction of sp³-hybridized carbons (Fsp3) is 0.421. The minimum Gasteiger partial charge on any atom is -0.501 e. The molecule has 2 aromatic rings. The lowest BCUT2D eigenvalue weighted by molar-refractivity contribution is 0.0992. The summed E-state index contributed by atoms with van der Waals surface area (Å²) in [4.78, 5) is 10.2.